The molecular weight excluding hydrogens is 1340 g/mol. The second-order valence-corrected chi connectivity index (χ2v) is 27.4. The van der Waals surface area contributed by atoms with Gasteiger partial charge in [0.25, 0.3) is 0 Å². The van der Waals surface area contributed by atoms with Gasteiger partial charge in [-0.2, -0.15) is 0 Å². The van der Waals surface area contributed by atoms with Crippen molar-refractivity contribution in [1.82, 2.24) is 79.7 Å². The molecule has 514 valence electrons. The molecule has 0 aliphatic carbocycles. The van der Waals surface area contributed by atoms with Gasteiger partial charge in [0, 0.05) is 125 Å². The maximum absolute atomic E-state index is 5.21. The lowest BCUT2D eigenvalue weighted by Gasteiger charge is -2.36. The Balaban J connectivity index is 1.02. The molecular formula is C88H62N20. The third-order valence-electron chi connectivity index (χ3n) is 21.8. The molecule has 16 aromatic heterocycles. The Labute approximate surface area is 617 Å². The Kier molecular flexibility index (Phi) is 14.4. The predicted molar refractivity (Wildman–Crippen MR) is 432 cm³/mol. The summed E-state index contributed by atoms with van der Waals surface area (Å²) in [6.07, 6.45) is 29.9. The molecule has 0 amide bonds. The molecule has 20 aromatic rings. The number of nitrogens with zero attached hydrogens (tertiary/aromatic N) is 20. The van der Waals surface area contributed by atoms with Crippen LogP contribution in [0.4, 0.5) is 68.2 Å². The van der Waals surface area contributed by atoms with Gasteiger partial charge in [-0.1, -0.05) is 24.3 Å². The predicted octanol–water partition coefficient (Wildman–Crippen LogP) is 20.5. The highest BCUT2D eigenvalue weighted by atomic mass is 15.2. The number of fused-ring (bicyclic) bond motifs is 8. The zero-order valence-electron chi connectivity index (χ0n) is 59.9. The van der Waals surface area contributed by atoms with E-state index >= 15 is 0 Å². The number of anilines is 12. The van der Waals surface area contributed by atoms with Crippen molar-refractivity contribution >= 4 is 189 Å². The third kappa shape index (κ3) is 9.62. The highest BCUT2D eigenvalue weighted by Gasteiger charge is 2.34. The normalized spacial score (nSPS) is 11.9. The number of pyridine rings is 16. The van der Waals surface area contributed by atoms with Gasteiger partial charge in [0.05, 0.1) is 118 Å². The summed E-state index contributed by atoms with van der Waals surface area (Å²) < 4.78 is 0. The van der Waals surface area contributed by atoms with E-state index in [1.807, 2.05) is 98.1 Å². The summed E-state index contributed by atoms with van der Waals surface area (Å²) in [5.41, 5.74) is 22.3. The first-order valence-electron chi connectivity index (χ1n) is 35.6. The molecule has 20 heteroatoms. The quantitative estimate of drug-likeness (QED) is 0.104. The van der Waals surface area contributed by atoms with Crippen molar-refractivity contribution in [3.63, 3.8) is 0 Å². The minimum atomic E-state index is 0.623. The van der Waals surface area contributed by atoms with Crippen LogP contribution in [0.2, 0.25) is 0 Å². The molecule has 0 aliphatic heterocycles. The van der Waals surface area contributed by atoms with Gasteiger partial charge in [0.1, 0.15) is 0 Å². The lowest BCUT2D eigenvalue weighted by atomic mass is 9.88. The molecule has 0 radical (unpaired) electrons. The second kappa shape index (κ2) is 24.6. The van der Waals surface area contributed by atoms with Gasteiger partial charge in [0.15, 0.2) is 45.2 Å². The molecule has 4 aromatic carbocycles. The van der Waals surface area contributed by atoms with E-state index in [0.717, 1.165) is 188 Å². The molecule has 0 atom stereocenters. The SMILES string of the molecule is Cc1c(N(c2cnc3ncccc3c2C)c2cc(N(c3cnc4ncccc4c3C)c3cnc4ncccc4c3C)c3ccc4c(N(c5cnc6ncccc6c5C)c5cnc6ncccc6c5C)cc(N(c5cnc6ncccc6c5C)c5cnc6ncccc6c5C)c5ccc2c3c54)cnc2ncccc12. The van der Waals surface area contributed by atoms with Gasteiger partial charge in [-0.05, 0) is 209 Å². The van der Waals surface area contributed by atoms with Crippen molar-refractivity contribution in [3.8, 4) is 0 Å². The molecule has 16 heterocycles. The van der Waals surface area contributed by atoms with Crippen LogP contribution >= 0.6 is 0 Å². The maximum atomic E-state index is 5.21. The fraction of sp³-hybridized carbons (Fsp3) is 0.0909. The summed E-state index contributed by atoms with van der Waals surface area (Å²) in [6.45, 7) is 17.2. The molecule has 0 spiro atoms. The number of rotatable bonds is 12. The van der Waals surface area contributed by atoms with E-state index in [2.05, 4.69) is 160 Å². The monoisotopic (exact) mass is 1400 g/mol. The van der Waals surface area contributed by atoms with E-state index < -0.39 is 0 Å². The van der Waals surface area contributed by atoms with E-state index in [0.29, 0.717) is 45.2 Å². The van der Waals surface area contributed by atoms with Crippen LogP contribution in [0.5, 0.6) is 0 Å². The van der Waals surface area contributed by atoms with Gasteiger partial charge in [-0.3, -0.25) is 0 Å². The lowest BCUT2D eigenvalue weighted by molar-refractivity contribution is 1.16. The van der Waals surface area contributed by atoms with Crippen LogP contribution in [0.3, 0.4) is 0 Å². The molecule has 0 bridgehead atoms. The van der Waals surface area contributed by atoms with Crippen molar-refractivity contribution in [2.24, 2.45) is 0 Å². The highest BCUT2D eigenvalue weighted by molar-refractivity contribution is 6.33. The zero-order chi connectivity index (χ0) is 72.7. The average Bonchev–Trinajstić information content (AvgIpc) is 0.694. The van der Waals surface area contributed by atoms with E-state index in [1.165, 1.54) is 0 Å². The van der Waals surface area contributed by atoms with Crippen LogP contribution in [-0.2, 0) is 0 Å². The fourth-order valence-corrected chi connectivity index (χ4v) is 16.2. The van der Waals surface area contributed by atoms with Crippen LogP contribution in [0.1, 0.15) is 44.5 Å². The maximum Gasteiger partial charge on any atom is 0.159 e. The second-order valence-electron chi connectivity index (χ2n) is 27.4. The van der Waals surface area contributed by atoms with E-state index in [9.17, 15) is 0 Å². The van der Waals surface area contributed by atoms with Crippen molar-refractivity contribution in [3.05, 3.63) is 277 Å². The highest BCUT2D eigenvalue weighted by Crippen LogP contribution is 2.58. The first-order valence-corrected chi connectivity index (χ1v) is 35.6. The number of aromatic nitrogens is 16. The first-order chi connectivity index (χ1) is 52.9. The lowest BCUT2D eigenvalue weighted by Crippen LogP contribution is -2.19. The molecule has 0 saturated heterocycles. The van der Waals surface area contributed by atoms with Crippen LogP contribution in [0, 0.1) is 55.4 Å². The van der Waals surface area contributed by atoms with Gasteiger partial charge in [-0.15, -0.1) is 0 Å². The largest absolute Gasteiger partial charge is 0.306 e. The van der Waals surface area contributed by atoms with Crippen LogP contribution < -0.4 is 19.6 Å². The van der Waals surface area contributed by atoms with Gasteiger partial charge in [-0.25, -0.2) is 79.7 Å². The van der Waals surface area contributed by atoms with E-state index in [-0.39, 0.29) is 0 Å². The van der Waals surface area contributed by atoms with E-state index in [4.69, 9.17) is 79.7 Å². The summed E-state index contributed by atoms with van der Waals surface area (Å²) in [7, 11) is 0. The third-order valence-corrected chi connectivity index (χ3v) is 21.8. The minimum absolute atomic E-state index is 0.623. The molecule has 0 N–H and O–H groups in total. The molecule has 0 unspecified atom stereocenters. The van der Waals surface area contributed by atoms with Gasteiger partial charge < -0.3 is 19.6 Å². The number of aryl methyl sites for hydroxylation is 8. The fourth-order valence-electron chi connectivity index (χ4n) is 16.2. The first kappa shape index (κ1) is 63.3. The Bertz CT molecular complexity index is 6010. The standard InChI is InChI=1S/C88H62N20/c1-47-55-17-9-29-89-81(55)97-39-71(47)105(72-40-98-82-56(48(72)2)18-10-30-90-82)67-37-68(106(73-41-99-83-57(49(73)3)19-11-31-91-83)74-42-100-84-58(50(74)4)20-12-32-92-84)64-27-28-66-70(108(77-45-103-87-61(53(77)7)23-15-35-95-87)78-46-104-88-62(54(78)8)24-16-36-96-88)38-69(65-26-25-63(67)79(64)80(65)66)107(75-43-101-85-59(51(75)5)21-13-33-93-85)76-44-102-86-60(52(76)6)22-14-34-94-86/h9-46H,1-8H3. The minimum Gasteiger partial charge on any atom is -0.306 e. The van der Waals surface area contributed by atoms with Crippen molar-refractivity contribution in [2.75, 3.05) is 19.6 Å². The average molecular weight is 1400 g/mol. The summed E-state index contributed by atoms with van der Waals surface area (Å²) in [4.78, 5) is 89.6. The van der Waals surface area contributed by atoms with Crippen LogP contribution in [0.15, 0.2) is 233 Å². The van der Waals surface area contributed by atoms with Crippen molar-refractivity contribution in [2.45, 2.75) is 55.4 Å². The summed E-state index contributed by atoms with van der Waals surface area (Å²) >= 11 is 0. The van der Waals surface area contributed by atoms with Gasteiger partial charge >= 0.3 is 0 Å². The van der Waals surface area contributed by atoms with Gasteiger partial charge in [0.2, 0.25) is 0 Å². The Morgan fingerprint density at radius 1 is 0.167 bits per heavy atom. The summed E-state index contributed by atoms with van der Waals surface area (Å²) in [5.74, 6) is 0. The smallest absolute Gasteiger partial charge is 0.159 e. The number of benzene rings is 4. The van der Waals surface area contributed by atoms with Crippen LogP contribution in [-0.4, -0.2) is 79.7 Å². The number of hydrogen-bond donors (Lipinski definition) is 0. The Hall–Kier alpha value is -14.4. The summed E-state index contributed by atoms with van der Waals surface area (Å²) in [5, 5.41) is 12.7. The van der Waals surface area contributed by atoms with E-state index in [1.54, 1.807) is 49.6 Å². The Morgan fingerprint density at radius 3 is 0.463 bits per heavy atom. The topological polar surface area (TPSA) is 219 Å². The molecule has 20 nitrogen and oxygen atoms in total. The van der Waals surface area contributed by atoms with Crippen molar-refractivity contribution in [1.29, 1.82) is 0 Å². The van der Waals surface area contributed by atoms with Crippen molar-refractivity contribution < 1.29 is 0 Å². The molecule has 0 aliphatic rings. The Morgan fingerprint density at radius 2 is 0.315 bits per heavy atom. The number of hydrogen-bond acceptors (Lipinski definition) is 20. The molecule has 20 rings (SSSR count). The van der Waals surface area contributed by atoms with Crippen LogP contribution in [0.25, 0.3) is 121 Å². The zero-order valence-corrected chi connectivity index (χ0v) is 59.9. The molecule has 0 fully saturated rings. The molecule has 108 heavy (non-hydrogen) atoms. The molecule has 0 saturated carbocycles. The summed E-state index contributed by atoms with van der Waals surface area (Å²) in [6, 6.07) is 46.3.